The van der Waals surface area contributed by atoms with Gasteiger partial charge in [0.2, 0.25) is 5.88 Å². The third-order valence-electron chi connectivity index (χ3n) is 3.71. The molecule has 0 atom stereocenters. The fraction of sp³-hybridized carbons (Fsp3) is 0. The largest absolute Gasteiger partial charge is 0.402 e. The second kappa shape index (κ2) is 7.59. The highest BCUT2D eigenvalue weighted by Gasteiger charge is 2.25. The van der Waals surface area contributed by atoms with E-state index in [4.69, 9.17) is 10.5 Å². The van der Waals surface area contributed by atoms with E-state index in [2.05, 4.69) is 5.10 Å². The highest BCUT2D eigenvalue weighted by atomic mass is 32.2. The lowest BCUT2D eigenvalue weighted by Gasteiger charge is -2.05. The Labute approximate surface area is 167 Å². The lowest BCUT2D eigenvalue weighted by Crippen LogP contribution is -2.17. The van der Waals surface area contributed by atoms with Crippen LogP contribution in [0.2, 0.25) is 0 Å². The van der Waals surface area contributed by atoms with Crippen LogP contribution in [0.3, 0.4) is 0 Å². The van der Waals surface area contributed by atoms with Gasteiger partial charge >= 0.3 is 5.97 Å². The number of aromatic nitrogens is 2. The number of rotatable bonds is 6. The summed E-state index contributed by atoms with van der Waals surface area (Å²) in [6.07, 6.45) is 0. The van der Waals surface area contributed by atoms with E-state index in [0.29, 0.717) is 10.2 Å². The zero-order valence-electron chi connectivity index (χ0n) is 14.7. The molecule has 0 saturated carbocycles. The van der Waals surface area contributed by atoms with E-state index in [-0.39, 0.29) is 10.7 Å². The van der Waals surface area contributed by atoms with E-state index in [1.807, 2.05) is 0 Å². The molecule has 154 valence electrons. The number of hydrogen-bond donors (Lipinski definition) is 1. The number of hydrogen-bond acceptors (Lipinski definition) is 10. The number of anilines is 1. The number of nitrogens with two attached hydrogens (primary N) is 1. The van der Waals surface area contributed by atoms with Crippen LogP contribution in [0.15, 0.2) is 59.5 Å². The van der Waals surface area contributed by atoms with Crippen molar-refractivity contribution in [2.75, 3.05) is 5.73 Å². The summed E-state index contributed by atoms with van der Waals surface area (Å²) in [6, 6.07) is 10.4. The molecular formula is C16H11N5O8S. The third-order valence-corrected chi connectivity index (χ3v) is 5.32. The molecule has 0 fully saturated rings. The van der Waals surface area contributed by atoms with Crippen molar-refractivity contribution in [2.45, 2.75) is 4.90 Å². The van der Waals surface area contributed by atoms with Crippen molar-refractivity contribution < 1.29 is 27.8 Å². The van der Waals surface area contributed by atoms with Crippen LogP contribution in [-0.4, -0.2) is 33.4 Å². The average Bonchev–Trinajstić information content (AvgIpc) is 3.09. The van der Waals surface area contributed by atoms with Crippen LogP contribution in [0.5, 0.6) is 5.88 Å². The molecule has 1 aromatic heterocycles. The normalized spacial score (nSPS) is 11.1. The monoisotopic (exact) mass is 433 g/mol. The molecule has 1 heterocycles. The maximum absolute atomic E-state index is 12.6. The van der Waals surface area contributed by atoms with Gasteiger partial charge in [-0.25, -0.2) is 4.79 Å². The predicted octanol–water partition coefficient (Wildman–Crippen LogP) is 1.74. The Kier molecular flexibility index (Phi) is 5.16. The summed E-state index contributed by atoms with van der Waals surface area (Å²) in [5.41, 5.74) is 3.75. The van der Waals surface area contributed by atoms with Crippen molar-refractivity contribution in [1.29, 1.82) is 0 Å². The fourth-order valence-corrected chi connectivity index (χ4v) is 3.59. The van der Waals surface area contributed by atoms with Crippen LogP contribution < -0.4 is 10.5 Å². The first-order valence-corrected chi connectivity index (χ1v) is 9.36. The molecule has 0 aliphatic heterocycles. The third kappa shape index (κ3) is 3.93. The number of nitro groups is 2. The minimum absolute atomic E-state index is 0.119. The van der Waals surface area contributed by atoms with Gasteiger partial charge in [-0.3, -0.25) is 20.2 Å². The van der Waals surface area contributed by atoms with Crippen LogP contribution in [0.1, 0.15) is 10.4 Å². The van der Waals surface area contributed by atoms with Crippen molar-refractivity contribution in [3.05, 3.63) is 80.4 Å². The SMILES string of the molecule is Nc1cc(OC(=O)c2cc([N+](=O)[O-])cc([N+](=O)[O-])c2)nn1S(=O)(=O)c1ccccc1. The Balaban J connectivity index is 1.93. The molecule has 0 aliphatic carbocycles. The Morgan fingerprint density at radius 3 is 2.10 bits per heavy atom. The highest BCUT2D eigenvalue weighted by molar-refractivity contribution is 7.90. The molecule has 3 aromatic rings. The van der Waals surface area contributed by atoms with E-state index < -0.39 is 48.7 Å². The van der Waals surface area contributed by atoms with Gasteiger partial charge in [-0.2, -0.15) is 8.42 Å². The molecule has 14 heteroatoms. The lowest BCUT2D eigenvalue weighted by molar-refractivity contribution is -0.394. The Morgan fingerprint density at radius 2 is 1.57 bits per heavy atom. The van der Waals surface area contributed by atoms with Crippen LogP contribution in [0, 0.1) is 20.2 Å². The summed E-state index contributed by atoms with van der Waals surface area (Å²) in [5.74, 6) is -2.12. The predicted molar refractivity (Wildman–Crippen MR) is 100 cm³/mol. The van der Waals surface area contributed by atoms with Gasteiger partial charge in [0, 0.05) is 18.2 Å². The lowest BCUT2D eigenvalue weighted by atomic mass is 10.2. The first-order chi connectivity index (χ1) is 14.1. The number of nitrogens with zero attached hydrogens (tertiary/aromatic N) is 4. The maximum atomic E-state index is 12.6. The van der Waals surface area contributed by atoms with E-state index >= 15 is 0 Å². The number of carbonyl (C=O) groups is 1. The number of non-ortho nitro benzene ring substituents is 2. The topological polar surface area (TPSA) is 191 Å². The second-order valence-corrected chi connectivity index (χ2v) is 7.48. The molecule has 0 bridgehead atoms. The maximum Gasteiger partial charge on any atom is 0.345 e. The summed E-state index contributed by atoms with van der Waals surface area (Å²) < 4.78 is 30.5. The average molecular weight is 433 g/mol. The minimum Gasteiger partial charge on any atom is -0.402 e. The molecule has 0 radical (unpaired) electrons. The van der Waals surface area contributed by atoms with Gasteiger partial charge in [0.05, 0.1) is 26.4 Å². The molecule has 0 spiro atoms. The molecule has 3 rings (SSSR count). The summed E-state index contributed by atoms with van der Waals surface area (Å²) in [4.78, 5) is 32.2. The first-order valence-electron chi connectivity index (χ1n) is 7.92. The summed E-state index contributed by atoms with van der Waals surface area (Å²) in [7, 11) is -4.17. The number of nitro benzene ring substituents is 2. The molecule has 13 nitrogen and oxygen atoms in total. The molecular weight excluding hydrogens is 422 g/mol. The minimum atomic E-state index is -4.17. The summed E-state index contributed by atoms with van der Waals surface area (Å²) >= 11 is 0. The smallest absolute Gasteiger partial charge is 0.345 e. The van der Waals surface area contributed by atoms with Crippen molar-refractivity contribution in [3.63, 3.8) is 0 Å². The van der Waals surface area contributed by atoms with Gasteiger partial charge in [-0.15, -0.1) is 9.19 Å². The fourth-order valence-electron chi connectivity index (χ4n) is 2.37. The Hall–Kier alpha value is -4.33. The summed E-state index contributed by atoms with van der Waals surface area (Å²) in [5, 5.41) is 25.5. The standard InChI is InChI=1S/C16H11N5O8S/c17-14-9-15(18-19(14)30(27,28)13-4-2-1-3-5-13)29-16(22)10-6-11(20(23)24)8-12(7-10)21(25)26/h1-9H,17H2. The first kappa shape index (κ1) is 20.4. The molecule has 0 saturated heterocycles. The van der Waals surface area contributed by atoms with Crippen LogP contribution in [0.4, 0.5) is 17.2 Å². The zero-order chi connectivity index (χ0) is 22.1. The van der Waals surface area contributed by atoms with E-state index in [0.717, 1.165) is 18.2 Å². The molecule has 30 heavy (non-hydrogen) atoms. The van der Waals surface area contributed by atoms with Crippen molar-refractivity contribution in [3.8, 4) is 5.88 Å². The number of esters is 1. The van der Waals surface area contributed by atoms with Crippen LogP contribution in [-0.2, 0) is 10.0 Å². The Morgan fingerprint density at radius 1 is 1.00 bits per heavy atom. The van der Waals surface area contributed by atoms with Gasteiger partial charge in [0.15, 0.2) is 0 Å². The van der Waals surface area contributed by atoms with Gasteiger partial charge in [0.25, 0.3) is 21.4 Å². The van der Waals surface area contributed by atoms with Gasteiger partial charge in [-0.05, 0) is 12.1 Å². The van der Waals surface area contributed by atoms with Gasteiger partial charge < -0.3 is 10.5 Å². The number of ether oxygens (including phenoxy) is 1. The Bertz CT molecular complexity index is 1240. The molecule has 0 amide bonds. The van der Waals surface area contributed by atoms with Crippen molar-refractivity contribution >= 4 is 33.2 Å². The van der Waals surface area contributed by atoms with Gasteiger partial charge in [0.1, 0.15) is 5.82 Å². The highest BCUT2D eigenvalue weighted by Crippen LogP contribution is 2.25. The van der Waals surface area contributed by atoms with Gasteiger partial charge in [-0.1, -0.05) is 18.2 Å². The van der Waals surface area contributed by atoms with Crippen molar-refractivity contribution in [2.24, 2.45) is 0 Å². The zero-order valence-corrected chi connectivity index (χ0v) is 15.6. The van der Waals surface area contributed by atoms with E-state index in [1.165, 1.54) is 24.3 Å². The van der Waals surface area contributed by atoms with Crippen molar-refractivity contribution in [1.82, 2.24) is 9.19 Å². The number of nitrogen functional groups attached to an aromatic ring is 1. The van der Waals surface area contributed by atoms with Crippen LogP contribution in [0.25, 0.3) is 0 Å². The quantitative estimate of drug-likeness (QED) is 0.340. The van der Waals surface area contributed by atoms with E-state index in [1.54, 1.807) is 6.07 Å². The van der Waals surface area contributed by atoms with E-state index in [9.17, 15) is 33.4 Å². The molecule has 2 aromatic carbocycles. The number of benzene rings is 2. The second-order valence-electron chi connectivity index (χ2n) is 5.71. The van der Waals surface area contributed by atoms with Crippen LogP contribution >= 0.6 is 0 Å². The molecule has 0 unspecified atom stereocenters. The molecule has 2 N–H and O–H groups in total. The molecule has 0 aliphatic rings. The number of carbonyl (C=O) groups excluding carboxylic acids is 1. The summed E-state index contributed by atoms with van der Waals surface area (Å²) in [6.45, 7) is 0.